The predicted octanol–water partition coefficient (Wildman–Crippen LogP) is 20.9. The summed E-state index contributed by atoms with van der Waals surface area (Å²) in [4.78, 5) is 26.5. The molecule has 444 valence electrons. The Morgan fingerprint density at radius 2 is 0.888 bits per heavy atom. The monoisotopic (exact) mass is 1170 g/mol. The van der Waals surface area contributed by atoms with Crippen molar-refractivity contribution >= 4 is 44.6 Å². The molecule has 4 heterocycles. The molecule has 0 unspecified atom stereocenters. The second-order valence-electron chi connectivity index (χ2n) is 28.1. The van der Waals surface area contributed by atoms with E-state index in [-0.39, 0.29) is 16.2 Å². The fraction of sp³-hybridized carbons (Fsp3) is 0.235. The third-order valence-electron chi connectivity index (χ3n) is 18.1. The van der Waals surface area contributed by atoms with E-state index in [2.05, 4.69) is 317 Å². The van der Waals surface area contributed by atoms with Crippen LogP contribution in [0.25, 0.3) is 61.3 Å². The van der Waals surface area contributed by atoms with Gasteiger partial charge in [0.05, 0.1) is 33.7 Å². The molecule has 0 amide bonds. The Bertz CT molecular complexity index is 4440. The average Bonchev–Trinajstić information content (AvgIpc) is 1.69. The number of para-hydroxylation sites is 3. The number of aromatic nitrogens is 5. The van der Waals surface area contributed by atoms with Crippen LogP contribution in [-0.4, -0.2) is 31.2 Å². The lowest BCUT2D eigenvalue weighted by molar-refractivity contribution is 0.484. The first-order valence-electron chi connectivity index (χ1n) is 31.2. The number of hydrogen-bond acceptors (Lipinski definition) is 7. The third-order valence-corrected chi connectivity index (χ3v) is 18.1. The van der Waals surface area contributed by atoms with E-state index >= 15 is 0 Å². The highest BCUT2D eigenvalue weighted by Crippen LogP contribution is 2.52. The topological polar surface area (TPSA) is 72.2 Å². The molecule has 0 spiro atoms. The Balaban J connectivity index is 0.989. The lowest BCUT2D eigenvalue weighted by Crippen LogP contribution is -2.29. The van der Waals surface area contributed by atoms with Crippen molar-refractivity contribution in [1.29, 1.82) is 0 Å². The van der Waals surface area contributed by atoms with Gasteiger partial charge in [0.15, 0.2) is 5.82 Å². The van der Waals surface area contributed by atoms with Crippen LogP contribution in [0.3, 0.4) is 0 Å². The Kier molecular flexibility index (Phi) is 14.5. The van der Waals surface area contributed by atoms with Gasteiger partial charge in [0.25, 0.3) is 0 Å². The van der Waals surface area contributed by atoms with Gasteiger partial charge in [-0.3, -0.25) is 4.57 Å². The molecule has 89 heavy (non-hydrogen) atoms. The first kappa shape index (κ1) is 58.4. The summed E-state index contributed by atoms with van der Waals surface area (Å²) in [7, 11) is 0. The van der Waals surface area contributed by atoms with Gasteiger partial charge >= 0.3 is 0 Å². The summed E-state index contributed by atoms with van der Waals surface area (Å²) in [6.07, 6.45) is 1.86. The Hall–Kier alpha value is -9.66. The molecule has 3 aromatic heterocycles. The normalized spacial score (nSPS) is 13.1. The summed E-state index contributed by atoms with van der Waals surface area (Å²) in [5.74, 6) is 3.92. The summed E-state index contributed by atoms with van der Waals surface area (Å²) >= 11 is 0. The van der Waals surface area contributed by atoms with Gasteiger partial charge in [-0.15, -0.1) is 0 Å². The van der Waals surface area contributed by atoms with Crippen LogP contribution in [0.2, 0.25) is 0 Å². The number of nitrogens with zero attached hydrogens (tertiary/aromatic N) is 7. The van der Waals surface area contributed by atoms with Gasteiger partial charge < -0.3 is 14.5 Å². The minimum Gasteiger partial charge on any atom is -0.456 e. The molecule has 9 aromatic carbocycles. The van der Waals surface area contributed by atoms with Gasteiger partial charge in [-0.25, -0.2) is 19.9 Å². The van der Waals surface area contributed by atoms with E-state index in [4.69, 9.17) is 24.7 Å². The van der Waals surface area contributed by atoms with Crippen LogP contribution in [0.5, 0.6) is 11.5 Å². The van der Waals surface area contributed by atoms with Gasteiger partial charge in [0.2, 0.25) is 0 Å². The minimum absolute atomic E-state index is 0.0222. The number of anilines is 4. The average molecular weight is 1170 g/mol. The molecule has 0 aliphatic carbocycles. The van der Waals surface area contributed by atoms with Gasteiger partial charge in [-0.2, -0.15) is 0 Å². The van der Waals surface area contributed by atoms with Crippen LogP contribution >= 0.6 is 0 Å². The second kappa shape index (κ2) is 22.2. The molecule has 0 atom stereocenters. The summed E-state index contributed by atoms with van der Waals surface area (Å²) in [6.45, 7) is 29.8. The van der Waals surface area contributed by atoms with Gasteiger partial charge in [-0.1, -0.05) is 220 Å². The maximum absolute atomic E-state index is 7.50. The molecule has 0 saturated carbocycles. The molecule has 0 bridgehead atoms. The number of hydrogen-bond donors (Lipinski definition) is 0. The van der Waals surface area contributed by atoms with Crippen LogP contribution in [0.4, 0.5) is 22.7 Å². The molecule has 0 fully saturated rings. The predicted molar refractivity (Wildman–Crippen MR) is 370 cm³/mol. The van der Waals surface area contributed by atoms with E-state index in [1.165, 1.54) is 38.9 Å². The zero-order valence-electron chi connectivity index (χ0n) is 53.7. The zero-order chi connectivity index (χ0) is 62.2. The molecule has 1 aliphatic heterocycles. The lowest BCUT2D eigenvalue weighted by atomic mass is 9.82. The van der Waals surface area contributed by atoms with Crippen molar-refractivity contribution in [3.8, 4) is 51.0 Å². The van der Waals surface area contributed by atoms with Crippen LogP contribution in [-0.2, 0) is 27.1 Å². The summed E-state index contributed by atoms with van der Waals surface area (Å²) < 4.78 is 9.76. The van der Waals surface area contributed by atoms with Crippen molar-refractivity contribution in [2.75, 3.05) is 16.5 Å². The van der Waals surface area contributed by atoms with Crippen molar-refractivity contribution in [3.63, 3.8) is 0 Å². The van der Waals surface area contributed by atoms with Crippen molar-refractivity contribution in [3.05, 3.63) is 270 Å². The van der Waals surface area contributed by atoms with Gasteiger partial charge in [0, 0.05) is 56.7 Å². The van der Waals surface area contributed by atoms with E-state index in [1.807, 2.05) is 18.3 Å². The highest BCUT2D eigenvalue weighted by molar-refractivity contribution is 6.11. The second-order valence-corrected chi connectivity index (χ2v) is 28.1. The van der Waals surface area contributed by atoms with Crippen molar-refractivity contribution in [2.45, 2.75) is 117 Å². The van der Waals surface area contributed by atoms with Crippen LogP contribution in [0.15, 0.2) is 231 Å². The molecule has 8 heteroatoms. The molecule has 13 rings (SSSR count). The van der Waals surface area contributed by atoms with Gasteiger partial charge in [-0.05, 0) is 137 Å². The number of fused-ring (bicyclic) bond motifs is 4. The quantitative estimate of drug-likeness (QED) is 0.121. The van der Waals surface area contributed by atoms with Crippen molar-refractivity contribution in [1.82, 2.24) is 24.5 Å². The summed E-state index contributed by atoms with van der Waals surface area (Å²) in [5.41, 5.74) is 16.5. The van der Waals surface area contributed by atoms with Gasteiger partial charge in [0.1, 0.15) is 35.6 Å². The minimum atomic E-state index is -0.606. The maximum atomic E-state index is 7.50. The van der Waals surface area contributed by atoms with Crippen molar-refractivity contribution in [2.24, 2.45) is 0 Å². The van der Waals surface area contributed by atoms with Crippen molar-refractivity contribution < 1.29 is 4.74 Å². The largest absolute Gasteiger partial charge is 0.456 e. The number of rotatable bonds is 12. The molecule has 0 saturated heterocycles. The number of benzene rings is 9. The molecule has 0 N–H and O–H groups in total. The lowest BCUT2D eigenvalue weighted by Gasteiger charge is -2.29. The number of ether oxygens (including phenoxy) is 1. The molecular weight excluding hydrogens is 1090 g/mol. The molecule has 1 aliphatic rings. The highest BCUT2D eigenvalue weighted by atomic mass is 16.5. The van der Waals surface area contributed by atoms with E-state index in [9.17, 15) is 0 Å². The van der Waals surface area contributed by atoms with E-state index < -0.39 is 10.8 Å². The van der Waals surface area contributed by atoms with Crippen LogP contribution < -0.4 is 14.5 Å². The highest BCUT2D eigenvalue weighted by Gasteiger charge is 2.36. The maximum Gasteiger partial charge on any atom is 0.167 e. The first-order valence-corrected chi connectivity index (χ1v) is 31.2. The fourth-order valence-electron chi connectivity index (χ4n) is 12.6. The Morgan fingerprint density at radius 3 is 1.43 bits per heavy atom. The number of pyridine rings is 1. The zero-order valence-corrected chi connectivity index (χ0v) is 53.7. The summed E-state index contributed by atoms with van der Waals surface area (Å²) in [6, 6.07) is 80.8. The van der Waals surface area contributed by atoms with E-state index in [0.29, 0.717) is 35.6 Å². The molecule has 8 nitrogen and oxygen atoms in total. The standard InChI is InChI=1S/C81H79N7O/c1-77(2,3)55-41-37-53(38-42-55)62-32-25-33-63(54-39-43-56(44-40-54)78(4,5)6)73(62)87-52-86(68-34-20-21-35-69(68)87)60-30-24-31-61(49-60)89-71-51-70-65(64-48-59(79(7,8)9)45-46-67(64)88(70)72-36-22-23-47-82-72)50-66(71)74-83-75(80(10,11)57-26-16-14-17-27-57)85-76(84-74)81(12,13)58-28-18-15-19-29-58/h14-51H,52H2,1-13H3. The fourth-order valence-corrected chi connectivity index (χ4v) is 12.6. The van der Waals surface area contributed by atoms with Crippen LogP contribution in [0.1, 0.15) is 129 Å². The van der Waals surface area contributed by atoms with E-state index in [0.717, 1.165) is 67.1 Å². The first-order chi connectivity index (χ1) is 42.5. The smallest absolute Gasteiger partial charge is 0.167 e. The third kappa shape index (κ3) is 10.9. The molecule has 0 radical (unpaired) electrons. The van der Waals surface area contributed by atoms with Crippen LogP contribution in [0, 0.1) is 0 Å². The SMILES string of the molecule is CC(C)(C)c1ccc(-c2cccc(-c3ccc(C(C)(C)C)cc3)c2N2CN(c3cccc(Oc4cc5c(cc4-c4nc(C(C)(C)c6ccccc6)nc(C(C)(C)c6ccccc6)n4)c4cc(C(C)(C)C)ccc4n5-c4ccccn4)c3)c3ccccc32)cc1. The molecule has 12 aromatic rings. The molecular formula is C81H79N7O. The summed E-state index contributed by atoms with van der Waals surface area (Å²) in [5, 5.41) is 2.13. The Morgan fingerprint density at radius 1 is 0.382 bits per heavy atom. The van der Waals surface area contributed by atoms with E-state index in [1.54, 1.807) is 0 Å². The Labute approximate surface area is 525 Å².